The third-order valence-corrected chi connectivity index (χ3v) is 8.50. The van der Waals surface area contributed by atoms with Gasteiger partial charge in [-0.25, -0.2) is 4.39 Å². The average molecular weight is 517 g/mol. The van der Waals surface area contributed by atoms with E-state index < -0.39 is 6.04 Å². The SMILES string of the molecule is CCOC(=O)CN1CCC(C=C2CN(C(C(=O)C3CC3)c3ccccc3F)CCC2SC(C)=O)CC1. The number of thioether (sulfide) groups is 1. The van der Waals surface area contributed by atoms with Gasteiger partial charge in [0.05, 0.1) is 19.2 Å². The van der Waals surface area contributed by atoms with Crippen LogP contribution in [-0.2, 0) is 19.1 Å². The number of benzene rings is 1. The van der Waals surface area contributed by atoms with Crippen LogP contribution in [0.5, 0.6) is 0 Å². The molecule has 3 aliphatic rings. The molecule has 2 unspecified atom stereocenters. The lowest BCUT2D eigenvalue weighted by Crippen LogP contribution is -2.43. The smallest absolute Gasteiger partial charge is 0.320 e. The lowest BCUT2D eigenvalue weighted by atomic mass is 9.89. The van der Waals surface area contributed by atoms with E-state index in [2.05, 4.69) is 15.9 Å². The number of halogens is 1. The third kappa shape index (κ3) is 7.05. The summed E-state index contributed by atoms with van der Waals surface area (Å²) in [6.07, 6.45) is 6.67. The number of allylic oxidation sites excluding steroid dienone is 1. The maximum atomic E-state index is 14.9. The van der Waals surface area contributed by atoms with Gasteiger partial charge in [0.25, 0.3) is 0 Å². The molecule has 1 aliphatic carbocycles. The summed E-state index contributed by atoms with van der Waals surface area (Å²) in [4.78, 5) is 41.4. The van der Waals surface area contributed by atoms with E-state index in [9.17, 15) is 18.8 Å². The zero-order chi connectivity index (χ0) is 25.7. The summed E-state index contributed by atoms with van der Waals surface area (Å²) in [6, 6.07) is 6.04. The molecule has 36 heavy (non-hydrogen) atoms. The van der Waals surface area contributed by atoms with Crippen LogP contribution < -0.4 is 0 Å². The molecule has 0 N–H and O–H groups in total. The van der Waals surface area contributed by atoms with Crippen molar-refractivity contribution in [1.29, 1.82) is 0 Å². The predicted molar refractivity (Wildman–Crippen MR) is 139 cm³/mol. The zero-order valence-corrected chi connectivity index (χ0v) is 22.1. The number of likely N-dealkylation sites (tertiary alicyclic amines) is 2. The summed E-state index contributed by atoms with van der Waals surface area (Å²) >= 11 is 1.36. The zero-order valence-electron chi connectivity index (χ0n) is 21.3. The van der Waals surface area contributed by atoms with Crippen LogP contribution >= 0.6 is 11.8 Å². The van der Waals surface area contributed by atoms with Gasteiger partial charge in [-0.05, 0) is 69.7 Å². The number of rotatable bonds is 9. The minimum atomic E-state index is -0.586. The molecule has 196 valence electrons. The highest BCUT2D eigenvalue weighted by Crippen LogP contribution is 2.40. The highest BCUT2D eigenvalue weighted by atomic mass is 32.2. The molecule has 2 atom stereocenters. The quantitative estimate of drug-likeness (QED) is 0.356. The predicted octanol–water partition coefficient (Wildman–Crippen LogP) is 4.40. The molecule has 0 aromatic heterocycles. The lowest BCUT2D eigenvalue weighted by Gasteiger charge is -2.39. The van der Waals surface area contributed by atoms with E-state index in [1.165, 1.54) is 17.8 Å². The molecule has 4 rings (SSSR count). The molecule has 6 nitrogen and oxygen atoms in total. The van der Waals surface area contributed by atoms with Crippen molar-refractivity contribution in [3.63, 3.8) is 0 Å². The van der Waals surface area contributed by atoms with E-state index in [0.717, 1.165) is 50.8 Å². The van der Waals surface area contributed by atoms with Crippen molar-refractivity contribution in [2.75, 3.05) is 39.3 Å². The van der Waals surface area contributed by atoms with E-state index in [0.29, 0.717) is 37.7 Å². The molecule has 1 saturated carbocycles. The fourth-order valence-corrected chi connectivity index (χ4v) is 6.32. The number of hydrogen-bond donors (Lipinski definition) is 0. The van der Waals surface area contributed by atoms with E-state index in [1.54, 1.807) is 25.1 Å². The number of Topliss-reactive ketones (excluding diaryl/α,β-unsaturated/α-hetero) is 1. The Hall–Kier alpha value is -2.03. The first-order valence-corrected chi connectivity index (χ1v) is 14.0. The van der Waals surface area contributed by atoms with E-state index in [-0.39, 0.29) is 33.9 Å². The van der Waals surface area contributed by atoms with Gasteiger partial charge in [-0.2, -0.15) is 0 Å². The Morgan fingerprint density at radius 3 is 2.47 bits per heavy atom. The van der Waals surface area contributed by atoms with Gasteiger partial charge < -0.3 is 4.74 Å². The standard InChI is InChI=1S/C28H37FN2O4S/c1-3-35-26(33)18-30-13-10-20(11-14-30)16-22-17-31(15-12-25(22)36-19(2)32)27(28(34)21-8-9-21)23-6-4-5-7-24(23)29/h4-7,16,20-21,25,27H,3,8-15,17-18H2,1-2H3. The molecular weight excluding hydrogens is 479 g/mol. The van der Waals surface area contributed by atoms with Gasteiger partial charge in [-0.3, -0.25) is 24.2 Å². The second-order valence-corrected chi connectivity index (χ2v) is 11.5. The van der Waals surface area contributed by atoms with Gasteiger partial charge in [0.1, 0.15) is 5.82 Å². The number of esters is 1. The summed E-state index contributed by atoms with van der Waals surface area (Å²) in [7, 11) is 0. The molecule has 0 spiro atoms. The van der Waals surface area contributed by atoms with Crippen LogP contribution in [0, 0.1) is 17.7 Å². The molecule has 0 amide bonds. The van der Waals surface area contributed by atoms with Gasteiger partial charge in [0.15, 0.2) is 10.9 Å². The molecule has 2 aliphatic heterocycles. The molecular formula is C28H37FN2O4S. The Balaban J connectivity index is 1.50. The van der Waals surface area contributed by atoms with Gasteiger partial charge >= 0.3 is 5.97 Å². The largest absolute Gasteiger partial charge is 0.465 e. The maximum Gasteiger partial charge on any atom is 0.320 e. The number of nitrogens with zero attached hydrogens (tertiary/aromatic N) is 2. The van der Waals surface area contributed by atoms with Crippen molar-refractivity contribution in [3.8, 4) is 0 Å². The Labute approximate surface area is 217 Å². The first-order valence-electron chi connectivity index (χ1n) is 13.1. The third-order valence-electron chi connectivity index (χ3n) is 7.34. The van der Waals surface area contributed by atoms with E-state index >= 15 is 0 Å². The Bertz CT molecular complexity index is 988. The molecule has 0 bridgehead atoms. The summed E-state index contributed by atoms with van der Waals surface area (Å²) in [5, 5.41) is 0.164. The van der Waals surface area contributed by atoms with Gasteiger partial charge in [0.2, 0.25) is 0 Å². The number of ether oxygens (including phenoxy) is 1. The van der Waals surface area contributed by atoms with Crippen molar-refractivity contribution in [1.82, 2.24) is 9.80 Å². The van der Waals surface area contributed by atoms with Crippen molar-refractivity contribution in [3.05, 3.63) is 47.3 Å². The van der Waals surface area contributed by atoms with E-state index in [1.807, 2.05) is 6.92 Å². The molecule has 2 heterocycles. The van der Waals surface area contributed by atoms with Gasteiger partial charge in [-0.1, -0.05) is 36.0 Å². The topological polar surface area (TPSA) is 66.9 Å². The summed E-state index contributed by atoms with van der Waals surface area (Å²) in [6.45, 7) is 6.98. The second-order valence-electron chi connectivity index (χ2n) is 10.1. The minimum absolute atomic E-state index is 0.0232. The highest BCUT2D eigenvalue weighted by molar-refractivity contribution is 8.14. The van der Waals surface area contributed by atoms with Gasteiger partial charge in [-0.15, -0.1) is 0 Å². The van der Waals surface area contributed by atoms with Crippen molar-refractivity contribution in [2.24, 2.45) is 11.8 Å². The van der Waals surface area contributed by atoms with Crippen LogP contribution in [0.4, 0.5) is 4.39 Å². The van der Waals surface area contributed by atoms with Crippen LogP contribution in [-0.4, -0.2) is 71.2 Å². The van der Waals surface area contributed by atoms with Crippen LogP contribution in [0.3, 0.4) is 0 Å². The summed E-state index contributed by atoms with van der Waals surface area (Å²) < 4.78 is 19.9. The number of ketones is 1. The Morgan fingerprint density at radius 2 is 1.83 bits per heavy atom. The number of carbonyl (C=O) groups is 3. The van der Waals surface area contributed by atoms with Crippen LogP contribution in [0.15, 0.2) is 35.9 Å². The monoisotopic (exact) mass is 516 g/mol. The number of carbonyl (C=O) groups excluding carboxylic acids is 3. The maximum absolute atomic E-state index is 14.9. The average Bonchev–Trinajstić information content (AvgIpc) is 3.69. The van der Waals surface area contributed by atoms with Crippen molar-refractivity contribution >= 4 is 28.6 Å². The normalized spacial score (nSPS) is 24.0. The first kappa shape index (κ1) is 27.0. The Kier molecular flexibility index (Phi) is 9.36. The lowest BCUT2D eigenvalue weighted by molar-refractivity contribution is -0.144. The summed E-state index contributed by atoms with van der Waals surface area (Å²) in [5.74, 6) is -0.0372. The van der Waals surface area contributed by atoms with Crippen molar-refractivity contribution in [2.45, 2.75) is 57.2 Å². The fraction of sp³-hybridized carbons (Fsp3) is 0.607. The van der Waals surface area contributed by atoms with Crippen LogP contribution in [0.25, 0.3) is 0 Å². The van der Waals surface area contributed by atoms with Crippen molar-refractivity contribution < 1.29 is 23.5 Å². The van der Waals surface area contributed by atoms with Crippen LogP contribution in [0.2, 0.25) is 0 Å². The van der Waals surface area contributed by atoms with E-state index in [4.69, 9.17) is 4.74 Å². The second kappa shape index (κ2) is 12.5. The first-order chi connectivity index (χ1) is 17.4. The molecule has 1 aromatic rings. The van der Waals surface area contributed by atoms with Gasteiger partial charge in [0, 0.05) is 36.7 Å². The molecule has 8 heteroatoms. The highest BCUT2D eigenvalue weighted by Gasteiger charge is 2.41. The molecule has 2 saturated heterocycles. The Morgan fingerprint density at radius 1 is 1.11 bits per heavy atom. The molecule has 0 radical (unpaired) electrons. The number of piperidine rings is 2. The number of hydrogen-bond acceptors (Lipinski definition) is 7. The fourth-order valence-electron chi connectivity index (χ4n) is 5.39. The van der Waals surface area contributed by atoms with Crippen LogP contribution in [0.1, 0.15) is 57.6 Å². The molecule has 3 fully saturated rings. The minimum Gasteiger partial charge on any atom is -0.465 e. The molecule has 1 aromatic carbocycles. The summed E-state index contributed by atoms with van der Waals surface area (Å²) in [5.41, 5.74) is 1.62.